The van der Waals surface area contributed by atoms with Gasteiger partial charge in [-0.3, -0.25) is 24.7 Å². The summed E-state index contributed by atoms with van der Waals surface area (Å²) in [5.74, 6) is -1.09. The topological polar surface area (TPSA) is 105 Å². The van der Waals surface area contributed by atoms with Crippen LogP contribution >= 0.6 is 23.2 Å². The van der Waals surface area contributed by atoms with Gasteiger partial charge in [0.05, 0.1) is 38.5 Å². The van der Waals surface area contributed by atoms with Crippen molar-refractivity contribution in [1.82, 2.24) is 9.88 Å². The van der Waals surface area contributed by atoms with Crippen molar-refractivity contribution >= 4 is 46.4 Å². The fourth-order valence-electron chi connectivity index (χ4n) is 2.13. The normalized spacial score (nSPS) is 10.3. The number of nitrogens with zero attached hydrogens (tertiary/aromatic N) is 3. The molecule has 0 fully saturated rings. The predicted octanol–water partition coefficient (Wildman–Crippen LogP) is 3.32. The molecule has 8 nitrogen and oxygen atoms in total. The van der Waals surface area contributed by atoms with Gasteiger partial charge in [-0.15, -0.1) is 0 Å². The van der Waals surface area contributed by atoms with Crippen LogP contribution in [-0.2, 0) is 4.79 Å². The minimum atomic E-state index is -0.644. The highest BCUT2D eigenvalue weighted by atomic mass is 35.5. The van der Waals surface area contributed by atoms with E-state index in [4.69, 9.17) is 23.2 Å². The van der Waals surface area contributed by atoms with Crippen molar-refractivity contribution in [2.24, 2.45) is 0 Å². The number of nitrogens with one attached hydrogen (secondary N) is 1. The second-order valence-corrected chi connectivity index (χ2v) is 6.20. The largest absolute Gasteiger partial charge is 0.332 e. The molecule has 0 unspecified atom stereocenters. The van der Waals surface area contributed by atoms with Gasteiger partial charge < -0.3 is 10.2 Å². The van der Waals surface area contributed by atoms with Crippen LogP contribution < -0.4 is 5.32 Å². The second kappa shape index (κ2) is 8.11. The van der Waals surface area contributed by atoms with Crippen molar-refractivity contribution in [1.29, 1.82) is 0 Å². The van der Waals surface area contributed by atoms with Gasteiger partial charge in [-0.1, -0.05) is 29.3 Å². The molecule has 0 radical (unpaired) electrons. The van der Waals surface area contributed by atoms with Crippen molar-refractivity contribution in [2.45, 2.75) is 6.92 Å². The van der Waals surface area contributed by atoms with Crippen molar-refractivity contribution < 1.29 is 14.5 Å². The number of likely N-dealkylation sites (N-methyl/N-ethyl adjacent to an activating group) is 1. The minimum absolute atomic E-state index is 0.0466. The lowest BCUT2D eigenvalue weighted by atomic mass is 10.1. The van der Waals surface area contributed by atoms with Gasteiger partial charge in [0.15, 0.2) is 0 Å². The number of hydrogen-bond acceptors (Lipinski definition) is 5. The Hall–Kier alpha value is -2.71. The third-order valence-electron chi connectivity index (χ3n) is 3.47. The number of benzene rings is 1. The average molecular weight is 397 g/mol. The van der Waals surface area contributed by atoms with Gasteiger partial charge in [-0.25, -0.2) is 0 Å². The Morgan fingerprint density at radius 2 is 1.92 bits per heavy atom. The molecule has 1 aromatic carbocycles. The Morgan fingerprint density at radius 1 is 1.31 bits per heavy atom. The maximum Gasteiger partial charge on any atom is 0.288 e. The Bertz CT molecular complexity index is 868. The molecule has 0 bridgehead atoms. The number of anilines is 1. The molecular weight excluding hydrogens is 383 g/mol. The first-order valence-electron chi connectivity index (χ1n) is 7.31. The lowest BCUT2D eigenvalue weighted by molar-refractivity contribution is -0.385. The fourth-order valence-corrected chi connectivity index (χ4v) is 2.62. The van der Waals surface area contributed by atoms with E-state index in [-0.39, 0.29) is 33.5 Å². The van der Waals surface area contributed by atoms with Crippen LogP contribution in [0.1, 0.15) is 16.1 Å². The number of para-hydroxylation sites is 1. The molecule has 10 heteroatoms. The van der Waals surface area contributed by atoms with E-state index < -0.39 is 16.7 Å². The Balaban J connectivity index is 2.13. The van der Waals surface area contributed by atoms with Gasteiger partial charge in [-0.2, -0.15) is 0 Å². The highest BCUT2D eigenvalue weighted by molar-refractivity contribution is 6.39. The lowest BCUT2D eigenvalue weighted by Crippen LogP contribution is -2.35. The van der Waals surface area contributed by atoms with Gasteiger partial charge in [0.25, 0.3) is 11.6 Å². The molecule has 136 valence electrons. The molecule has 0 aliphatic carbocycles. The Morgan fingerprint density at radius 3 is 2.50 bits per heavy atom. The van der Waals surface area contributed by atoms with E-state index in [2.05, 4.69) is 10.3 Å². The molecular formula is C16H14Cl2N4O4. The van der Waals surface area contributed by atoms with Crippen LogP contribution in [0.4, 0.5) is 11.4 Å². The summed E-state index contributed by atoms with van der Waals surface area (Å²) in [4.78, 5) is 39.8. The van der Waals surface area contributed by atoms with Crippen LogP contribution in [0.3, 0.4) is 0 Å². The van der Waals surface area contributed by atoms with Gasteiger partial charge in [0, 0.05) is 13.1 Å². The molecule has 1 aromatic heterocycles. The first-order chi connectivity index (χ1) is 12.2. The zero-order valence-corrected chi connectivity index (χ0v) is 15.3. The van der Waals surface area contributed by atoms with Crippen molar-refractivity contribution in [3.05, 3.63) is 61.9 Å². The maximum atomic E-state index is 12.5. The standard InChI is InChI=1S/C16H14Cl2N4O4/c1-9-11(6-10(7-19-9)22(25)26)16(24)21(2)8-14(23)20-15-12(17)4-3-5-13(15)18/h3-7H,8H2,1-2H3,(H,20,23). The molecule has 0 saturated heterocycles. The summed E-state index contributed by atoms with van der Waals surface area (Å²) >= 11 is 12.0. The monoisotopic (exact) mass is 396 g/mol. The summed E-state index contributed by atoms with van der Waals surface area (Å²) in [5.41, 5.74) is 0.307. The zero-order valence-electron chi connectivity index (χ0n) is 13.8. The molecule has 0 spiro atoms. The summed E-state index contributed by atoms with van der Waals surface area (Å²) in [6.07, 6.45) is 1.07. The number of aryl methyl sites for hydroxylation is 1. The van der Waals surface area contributed by atoms with E-state index in [9.17, 15) is 19.7 Å². The highest BCUT2D eigenvalue weighted by Gasteiger charge is 2.21. The molecule has 1 heterocycles. The van der Waals surface area contributed by atoms with Crippen LogP contribution in [0.5, 0.6) is 0 Å². The predicted molar refractivity (Wildman–Crippen MR) is 97.7 cm³/mol. The van der Waals surface area contributed by atoms with Gasteiger partial charge in [0.1, 0.15) is 6.20 Å². The zero-order chi connectivity index (χ0) is 19.4. The molecule has 0 aliphatic heterocycles. The molecule has 2 amide bonds. The average Bonchev–Trinajstić information content (AvgIpc) is 2.57. The number of carbonyl (C=O) groups excluding carboxylic acids is 2. The summed E-state index contributed by atoms with van der Waals surface area (Å²) in [7, 11) is 1.40. The van der Waals surface area contributed by atoms with E-state index >= 15 is 0 Å². The number of carbonyl (C=O) groups is 2. The van der Waals surface area contributed by atoms with Crippen LogP contribution in [0.25, 0.3) is 0 Å². The maximum absolute atomic E-state index is 12.5. The number of hydrogen-bond donors (Lipinski definition) is 1. The Kier molecular flexibility index (Phi) is 6.12. The third-order valence-corrected chi connectivity index (χ3v) is 4.10. The highest BCUT2D eigenvalue weighted by Crippen LogP contribution is 2.29. The van der Waals surface area contributed by atoms with Crippen LogP contribution in [0.15, 0.2) is 30.5 Å². The summed E-state index contributed by atoms with van der Waals surface area (Å²) in [6.45, 7) is 1.25. The summed E-state index contributed by atoms with van der Waals surface area (Å²) < 4.78 is 0. The van der Waals surface area contributed by atoms with Gasteiger partial charge in [-0.05, 0) is 19.1 Å². The molecule has 2 rings (SSSR count). The van der Waals surface area contributed by atoms with Crippen molar-refractivity contribution in [3.63, 3.8) is 0 Å². The Labute approximate surface area is 158 Å². The number of halogens is 2. The van der Waals surface area contributed by atoms with E-state index in [0.717, 1.165) is 17.2 Å². The molecule has 0 aliphatic rings. The molecule has 0 atom stereocenters. The van der Waals surface area contributed by atoms with E-state index in [1.165, 1.54) is 7.05 Å². The second-order valence-electron chi connectivity index (χ2n) is 5.39. The molecule has 2 aromatic rings. The van der Waals surface area contributed by atoms with E-state index in [1.807, 2.05) is 0 Å². The van der Waals surface area contributed by atoms with Crippen molar-refractivity contribution in [3.8, 4) is 0 Å². The first-order valence-corrected chi connectivity index (χ1v) is 8.06. The van der Waals surface area contributed by atoms with Crippen LogP contribution in [0.2, 0.25) is 10.0 Å². The molecule has 0 saturated carbocycles. The first kappa shape index (κ1) is 19.6. The molecule has 1 N–H and O–H groups in total. The van der Waals surface area contributed by atoms with Crippen molar-refractivity contribution in [2.75, 3.05) is 18.9 Å². The summed E-state index contributed by atoms with van der Waals surface area (Å²) in [6, 6.07) is 5.89. The number of amides is 2. The number of nitro groups is 1. The quantitative estimate of drug-likeness (QED) is 0.616. The molecule has 26 heavy (non-hydrogen) atoms. The van der Waals surface area contributed by atoms with Crippen LogP contribution in [-0.4, -0.2) is 40.2 Å². The number of aromatic nitrogens is 1. The smallest absolute Gasteiger partial charge is 0.288 e. The third kappa shape index (κ3) is 4.47. The fraction of sp³-hybridized carbons (Fsp3) is 0.188. The van der Waals surface area contributed by atoms with Crippen LogP contribution in [0, 0.1) is 17.0 Å². The van der Waals surface area contributed by atoms with Gasteiger partial charge >= 0.3 is 0 Å². The van der Waals surface area contributed by atoms with E-state index in [0.29, 0.717) is 5.69 Å². The van der Waals surface area contributed by atoms with E-state index in [1.54, 1.807) is 25.1 Å². The number of pyridine rings is 1. The number of rotatable bonds is 5. The summed E-state index contributed by atoms with van der Waals surface area (Å²) in [5, 5.41) is 13.9. The minimum Gasteiger partial charge on any atom is -0.332 e. The SMILES string of the molecule is Cc1ncc([N+](=O)[O-])cc1C(=O)N(C)CC(=O)Nc1c(Cl)cccc1Cl. The lowest BCUT2D eigenvalue weighted by Gasteiger charge is -2.18. The van der Waals surface area contributed by atoms with Gasteiger partial charge in [0.2, 0.25) is 5.91 Å².